The number of rotatable bonds is 5. The molecule has 0 spiro atoms. The molecule has 7 nitrogen and oxygen atoms in total. The van der Waals surface area contributed by atoms with Crippen LogP contribution < -0.4 is 10.2 Å². The highest BCUT2D eigenvalue weighted by Gasteiger charge is 2.34. The van der Waals surface area contributed by atoms with Crippen molar-refractivity contribution in [3.8, 4) is 0 Å². The summed E-state index contributed by atoms with van der Waals surface area (Å²) >= 11 is 5.61. The molecular weight excluding hydrogens is 540 g/mol. The van der Waals surface area contributed by atoms with E-state index in [1.54, 1.807) is 18.3 Å². The molecule has 1 aliphatic heterocycles. The van der Waals surface area contributed by atoms with E-state index in [2.05, 4.69) is 15.3 Å². The molecule has 3 aromatic carbocycles. The maximum Gasteiger partial charge on any atom is 0.417 e. The van der Waals surface area contributed by atoms with Crippen LogP contribution in [0.2, 0.25) is 5.02 Å². The quantitative estimate of drug-likeness (QED) is 0.248. The van der Waals surface area contributed by atoms with Gasteiger partial charge < -0.3 is 15.0 Å². The number of fused-ring (bicyclic) bond motifs is 1. The standard InChI is InChI=1S/C27H19ClF4N4O3/c28-21-3-1-16(11-20(21)27(30,31)32)26(38)34-19-10-17(9-18(29)13-19)25(37)15-2-4-22-23(12-15)35-24(14-33-22)36-5-7-39-8-6-36/h1-4,9-14H,5-8H2,(H,34,38). The third-order valence-electron chi connectivity index (χ3n) is 6.08. The van der Waals surface area contributed by atoms with Gasteiger partial charge in [0.25, 0.3) is 5.91 Å². The van der Waals surface area contributed by atoms with Crippen LogP contribution in [0.15, 0.2) is 60.8 Å². The molecule has 2 heterocycles. The maximum absolute atomic E-state index is 14.4. The van der Waals surface area contributed by atoms with Crippen molar-refractivity contribution in [1.29, 1.82) is 0 Å². The summed E-state index contributed by atoms with van der Waals surface area (Å²) in [6.45, 7) is 2.45. The summed E-state index contributed by atoms with van der Waals surface area (Å²) < 4.78 is 59.3. The van der Waals surface area contributed by atoms with E-state index in [9.17, 15) is 27.2 Å². The topological polar surface area (TPSA) is 84.4 Å². The van der Waals surface area contributed by atoms with Crippen molar-refractivity contribution >= 4 is 45.8 Å². The molecule has 0 saturated carbocycles. The number of aromatic nitrogens is 2. The summed E-state index contributed by atoms with van der Waals surface area (Å²) in [6.07, 6.45) is -3.12. The number of carbonyl (C=O) groups is 2. The lowest BCUT2D eigenvalue weighted by Crippen LogP contribution is -2.36. The third-order valence-corrected chi connectivity index (χ3v) is 6.41. The highest BCUT2D eigenvalue weighted by atomic mass is 35.5. The van der Waals surface area contributed by atoms with Crippen molar-refractivity contribution in [3.63, 3.8) is 0 Å². The molecule has 0 aliphatic carbocycles. The molecule has 1 aliphatic rings. The van der Waals surface area contributed by atoms with E-state index in [4.69, 9.17) is 16.3 Å². The molecule has 1 amide bonds. The Balaban J connectivity index is 1.40. The predicted molar refractivity (Wildman–Crippen MR) is 137 cm³/mol. The van der Waals surface area contributed by atoms with E-state index < -0.39 is 34.3 Å². The van der Waals surface area contributed by atoms with Gasteiger partial charge >= 0.3 is 6.18 Å². The van der Waals surface area contributed by atoms with Crippen molar-refractivity contribution in [3.05, 3.63) is 93.9 Å². The molecule has 0 radical (unpaired) electrons. The summed E-state index contributed by atoms with van der Waals surface area (Å²) in [6, 6.07) is 10.6. The number of nitrogens with zero attached hydrogens (tertiary/aromatic N) is 3. The van der Waals surface area contributed by atoms with Gasteiger partial charge in [0, 0.05) is 35.5 Å². The van der Waals surface area contributed by atoms with Crippen molar-refractivity contribution in [2.75, 3.05) is 36.5 Å². The molecule has 200 valence electrons. The summed E-state index contributed by atoms with van der Waals surface area (Å²) in [7, 11) is 0. The molecular formula is C27H19ClF4N4O3. The Labute approximate surface area is 224 Å². The van der Waals surface area contributed by atoms with Crippen LogP contribution in [0.5, 0.6) is 0 Å². The van der Waals surface area contributed by atoms with Crippen molar-refractivity contribution in [2.24, 2.45) is 0 Å². The fraction of sp³-hybridized carbons (Fsp3) is 0.185. The number of carbonyl (C=O) groups excluding carboxylic acids is 2. The number of amides is 1. The minimum absolute atomic E-state index is 0.0750. The van der Waals surface area contributed by atoms with Gasteiger partial charge in [0.15, 0.2) is 5.78 Å². The number of ether oxygens (including phenoxy) is 1. The largest absolute Gasteiger partial charge is 0.417 e. The maximum atomic E-state index is 14.4. The lowest BCUT2D eigenvalue weighted by Gasteiger charge is -2.27. The molecule has 1 fully saturated rings. The number of alkyl halides is 3. The minimum atomic E-state index is -4.76. The van der Waals surface area contributed by atoms with Gasteiger partial charge in [-0.15, -0.1) is 0 Å². The number of halogens is 5. The summed E-state index contributed by atoms with van der Waals surface area (Å²) in [5.41, 5.74) is -0.450. The second-order valence-corrected chi connectivity index (χ2v) is 9.14. The van der Waals surface area contributed by atoms with Gasteiger partial charge in [-0.25, -0.2) is 9.37 Å². The SMILES string of the molecule is O=C(Nc1cc(F)cc(C(=O)c2ccc3ncc(N4CCOCC4)nc3c2)c1)c1ccc(Cl)c(C(F)(F)F)c1. The Morgan fingerprint density at radius 2 is 1.67 bits per heavy atom. The molecule has 39 heavy (non-hydrogen) atoms. The second kappa shape index (κ2) is 10.6. The Morgan fingerprint density at radius 1 is 0.923 bits per heavy atom. The van der Waals surface area contributed by atoms with Crippen LogP contribution in [0.25, 0.3) is 11.0 Å². The van der Waals surface area contributed by atoms with E-state index in [1.165, 1.54) is 12.1 Å². The first-order chi connectivity index (χ1) is 18.6. The van der Waals surface area contributed by atoms with E-state index in [0.29, 0.717) is 49.2 Å². The van der Waals surface area contributed by atoms with Crippen molar-refractivity contribution in [1.82, 2.24) is 9.97 Å². The summed E-state index contributed by atoms with van der Waals surface area (Å²) in [4.78, 5) is 36.9. The van der Waals surface area contributed by atoms with Gasteiger partial charge in [0.05, 0.1) is 41.0 Å². The summed E-state index contributed by atoms with van der Waals surface area (Å²) in [5.74, 6) is -1.66. The van der Waals surface area contributed by atoms with Crippen molar-refractivity contribution in [2.45, 2.75) is 6.18 Å². The number of nitrogens with one attached hydrogen (secondary N) is 1. The molecule has 4 aromatic rings. The van der Waals surface area contributed by atoms with Crippen LogP contribution in [0.3, 0.4) is 0 Å². The second-order valence-electron chi connectivity index (χ2n) is 8.74. The van der Waals surface area contributed by atoms with E-state index in [1.807, 2.05) is 4.90 Å². The van der Waals surface area contributed by atoms with Gasteiger partial charge in [0.1, 0.15) is 11.6 Å². The van der Waals surface area contributed by atoms with E-state index in [0.717, 1.165) is 24.3 Å². The average molecular weight is 559 g/mol. The molecule has 12 heteroatoms. The van der Waals surface area contributed by atoms with Crippen molar-refractivity contribution < 1.29 is 31.9 Å². The lowest BCUT2D eigenvalue weighted by atomic mass is 10.0. The fourth-order valence-corrected chi connectivity index (χ4v) is 4.36. The first-order valence-corrected chi connectivity index (χ1v) is 12.1. The van der Waals surface area contributed by atoms with Crippen LogP contribution in [0.4, 0.5) is 29.1 Å². The highest BCUT2D eigenvalue weighted by molar-refractivity contribution is 6.31. The fourth-order valence-electron chi connectivity index (χ4n) is 4.13. The molecule has 1 saturated heterocycles. The number of hydrogen-bond acceptors (Lipinski definition) is 6. The molecule has 0 atom stereocenters. The molecule has 5 rings (SSSR count). The lowest BCUT2D eigenvalue weighted by molar-refractivity contribution is -0.137. The van der Waals surface area contributed by atoms with Gasteiger partial charge in [-0.1, -0.05) is 11.6 Å². The number of anilines is 2. The highest BCUT2D eigenvalue weighted by Crippen LogP contribution is 2.35. The Hall–Kier alpha value is -4.09. The van der Waals surface area contributed by atoms with Crippen LogP contribution >= 0.6 is 11.6 Å². The van der Waals surface area contributed by atoms with Crippen LogP contribution in [-0.4, -0.2) is 48.0 Å². The number of hydrogen-bond donors (Lipinski definition) is 1. The number of ketones is 1. The average Bonchev–Trinajstić information content (AvgIpc) is 2.91. The van der Waals surface area contributed by atoms with Gasteiger partial charge in [-0.2, -0.15) is 13.2 Å². The third kappa shape index (κ3) is 5.84. The Morgan fingerprint density at radius 3 is 2.41 bits per heavy atom. The molecule has 0 bridgehead atoms. The summed E-state index contributed by atoms with van der Waals surface area (Å²) in [5, 5.41) is 1.78. The van der Waals surface area contributed by atoms with Crippen LogP contribution in [0, 0.1) is 5.82 Å². The monoisotopic (exact) mass is 558 g/mol. The number of benzene rings is 3. The molecule has 1 aromatic heterocycles. The molecule has 0 unspecified atom stereocenters. The smallest absolute Gasteiger partial charge is 0.378 e. The van der Waals surface area contributed by atoms with E-state index >= 15 is 0 Å². The zero-order chi connectivity index (χ0) is 27.7. The van der Waals surface area contributed by atoms with Gasteiger partial charge in [-0.05, 0) is 54.6 Å². The zero-order valence-corrected chi connectivity index (χ0v) is 20.8. The van der Waals surface area contributed by atoms with Crippen LogP contribution in [0.1, 0.15) is 31.8 Å². The first-order valence-electron chi connectivity index (χ1n) is 11.7. The van der Waals surface area contributed by atoms with E-state index in [-0.39, 0.29) is 22.4 Å². The Bertz CT molecular complexity index is 1590. The first kappa shape index (κ1) is 26.5. The van der Waals surface area contributed by atoms with Gasteiger partial charge in [0.2, 0.25) is 0 Å². The Kier molecular flexibility index (Phi) is 7.19. The van der Waals surface area contributed by atoms with Crippen LogP contribution in [-0.2, 0) is 10.9 Å². The van der Waals surface area contributed by atoms with Gasteiger partial charge in [-0.3, -0.25) is 14.6 Å². The number of morpholine rings is 1. The zero-order valence-electron chi connectivity index (χ0n) is 20.1. The molecule has 1 N–H and O–H groups in total. The normalized spacial score (nSPS) is 13.9. The minimum Gasteiger partial charge on any atom is -0.378 e. The predicted octanol–water partition coefficient (Wildman–Crippen LogP) is 5.76.